The molecule has 0 radical (unpaired) electrons. The number of piperazine rings is 1. The summed E-state index contributed by atoms with van der Waals surface area (Å²) in [5.41, 5.74) is 4.86. The molecule has 1 aromatic carbocycles. The summed E-state index contributed by atoms with van der Waals surface area (Å²) in [6.45, 7) is 7.93. The molecule has 1 saturated carbocycles. The highest BCUT2D eigenvalue weighted by Gasteiger charge is 2.22. The Bertz CT molecular complexity index is 1110. The van der Waals surface area contributed by atoms with Crippen LogP contribution in [0.1, 0.15) is 63.5 Å². The fourth-order valence-electron chi connectivity index (χ4n) is 5.71. The Labute approximate surface area is 215 Å². The summed E-state index contributed by atoms with van der Waals surface area (Å²) in [4.78, 5) is 14.7. The number of hydrogen-bond donors (Lipinski definition) is 2. The largest absolute Gasteiger partial charge is 0.396 e. The van der Waals surface area contributed by atoms with Crippen LogP contribution in [0.4, 0.5) is 5.95 Å². The van der Waals surface area contributed by atoms with Crippen molar-refractivity contribution in [1.29, 1.82) is 0 Å². The van der Waals surface area contributed by atoms with Crippen molar-refractivity contribution < 1.29 is 5.11 Å². The molecule has 0 unspecified atom stereocenters. The van der Waals surface area contributed by atoms with Gasteiger partial charge in [0.1, 0.15) is 5.65 Å². The van der Waals surface area contributed by atoms with Crippen LogP contribution in [0.5, 0.6) is 0 Å². The fourth-order valence-corrected chi connectivity index (χ4v) is 5.71. The Morgan fingerprint density at radius 1 is 1.06 bits per heavy atom. The van der Waals surface area contributed by atoms with Crippen molar-refractivity contribution in [1.82, 2.24) is 24.3 Å². The molecule has 1 aliphatic heterocycles. The maximum absolute atomic E-state index is 9.16. The summed E-state index contributed by atoms with van der Waals surface area (Å²) >= 11 is 0. The molecule has 2 aliphatic rings. The Morgan fingerprint density at radius 3 is 2.53 bits per heavy atom. The van der Waals surface area contributed by atoms with Crippen LogP contribution in [0.2, 0.25) is 0 Å². The van der Waals surface area contributed by atoms with Gasteiger partial charge < -0.3 is 19.9 Å². The SMILES string of the molecule is C[C@@H](CCCO)Nc1ncc2c(-c3ccc(CN4CCN(C)CC4)cc3)cn(C3CCCCC3)c2n1. The highest BCUT2D eigenvalue weighted by molar-refractivity contribution is 5.94. The van der Waals surface area contributed by atoms with Gasteiger partial charge in [0.2, 0.25) is 5.95 Å². The highest BCUT2D eigenvalue weighted by atomic mass is 16.2. The van der Waals surface area contributed by atoms with E-state index in [1.165, 1.54) is 48.8 Å². The quantitative estimate of drug-likeness (QED) is 0.444. The maximum Gasteiger partial charge on any atom is 0.224 e. The summed E-state index contributed by atoms with van der Waals surface area (Å²) < 4.78 is 2.42. The molecule has 0 bridgehead atoms. The smallest absolute Gasteiger partial charge is 0.224 e. The first-order valence-corrected chi connectivity index (χ1v) is 13.9. The lowest BCUT2D eigenvalue weighted by molar-refractivity contribution is 0.148. The first-order valence-electron chi connectivity index (χ1n) is 13.9. The third-order valence-corrected chi connectivity index (χ3v) is 7.98. The van der Waals surface area contributed by atoms with E-state index < -0.39 is 0 Å². The second-order valence-corrected chi connectivity index (χ2v) is 10.9. The number of nitrogens with zero attached hydrogens (tertiary/aromatic N) is 5. The molecule has 2 N–H and O–H groups in total. The van der Waals surface area contributed by atoms with Gasteiger partial charge in [0.25, 0.3) is 0 Å². The average Bonchev–Trinajstić information content (AvgIpc) is 3.28. The number of aromatic nitrogens is 3. The van der Waals surface area contributed by atoms with Crippen LogP contribution in [0.3, 0.4) is 0 Å². The normalized spacial score (nSPS) is 19.1. The Morgan fingerprint density at radius 2 is 1.81 bits per heavy atom. The van der Waals surface area contributed by atoms with Crippen molar-refractivity contribution >= 4 is 17.0 Å². The van der Waals surface area contributed by atoms with Crippen molar-refractivity contribution in [2.24, 2.45) is 0 Å². The first kappa shape index (κ1) is 25.2. The van der Waals surface area contributed by atoms with E-state index in [0.29, 0.717) is 12.0 Å². The molecule has 36 heavy (non-hydrogen) atoms. The molecule has 2 fully saturated rings. The molecular weight excluding hydrogens is 448 g/mol. The van der Waals surface area contributed by atoms with E-state index in [1.807, 2.05) is 6.20 Å². The number of aliphatic hydroxyl groups is 1. The minimum atomic E-state index is 0.216. The molecule has 3 aromatic rings. The number of nitrogens with one attached hydrogen (secondary N) is 1. The Kier molecular flexibility index (Phi) is 8.19. The highest BCUT2D eigenvalue weighted by Crippen LogP contribution is 2.36. The lowest BCUT2D eigenvalue weighted by Gasteiger charge is -2.32. The molecule has 1 aliphatic carbocycles. The number of likely N-dealkylation sites (N-methyl/N-ethyl adjacent to an activating group) is 1. The van der Waals surface area contributed by atoms with Crippen LogP contribution >= 0.6 is 0 Å². The predicted molar refractivity (Wildman–Crippen MR) is 147 cm³/mol. The maximum atomic E-state index is 9.16. The van der Waals surface area contributed by atoms with Crippen molar-refractivity contribution in [3.8, 4) is 11.1 Å². The zero-order valence-corrected chi connectivity index (χ0v) is 22.0. The molecule has 0 amide bonds. The van der Waals surface area contributed by atoms with Crippen molar-refractivity contribution in [2.75, 3.05) is 45.2 Å². The minimum Gasteiger partial charge on any atom is -0.396 e. The van der Waals surface area contributed by atoms with E-state index in [2.05, 4.69) is 64.1 Å². The van der Waals surface area contributed by atoms with Gasteiger partial charge in [0.15, 0.2) is 0 Å². The van der Waals surface area contributed by atoms with Gasteiger partial charge >= 0.3 is 0 Å². The fraction of sp³-hybridized carbons (Fsp3) is 0.586. The first-order chi connectivity index (χ1) is 17.6. The van der Waals surface area contributed by atoms with Gasteiger partial charge in [-0.15, -0.1) is 0 Å². The topological polar surface area (TPSA) is 69.5 Å². The average molecular weight is 491 g/mol. The van der Waals surface area contributed by atoms with Gasteiger partial charge in [-0.2, -0.15) is 4.98 Å². The lowest BCUT2D eigenvalue weighted by atomic mass is 9.95. The zero-order chi connectivity index (χ0) is 24.9. The van der Waals surface area contributed by atoms with E-state index in [1.54, 1.807) is 0 Å². The van der Waals surface area contributed by atoms with E-state index in [4.69, 9.17) is 15.1 Å². The predicted octanol–water partition coefficient (Wildman–Crippen LogP) is 4.92. The number of anilines is 1. The third kappa shape index (κ3) is 5.90. The molecule has 1 atom stereocenters. The van der Waals surface area contributed by atoms with Crippen LogP contribution in [0, 0.1) is 0 Å². The molecule has 2 aromatic heterocycles. The Balaban J connectivity index is 1.41. The monoisotopic (exact) mass is 490 g/mol. The molecule has 1 saturated heterocycles. The van der Waals surface area contributed by atoms with Gasteiger partial charge in [-0.25, -0.2) is 4.98 Å². The number of hydrogen-bond acceptors (Lipinski definition) is 6. The van der Waals surface area contributed by atoms with Gasteiger partial charge in [0.05, 0.1) is 0 Å². The summed E-state index contributed by atoms with van der Waals surface area (Å²) in [7, 11) is 2.20. The van der Waals surface area contributed by atoms with E-state index in [-0.39, 0.29) is 12.6 Å². The van der Waals surface area contributed by atoms with E-state index in [0.717, 1.165) is 56.6 Å². The summed E-state index contributed by atoms with van der Waals surface area (Å²) in [5.74, 6) is 0.678. The van der Waals surface area contributed by atoms with Crippen LogP contribution in [-0.4, -0.2) is 75.3 Å². The molecule has 194 valence electrons. The molecular formula is C29H42N6O. The molecule has 0 spiro atoms. The van der Waals surface area contributed by atoms with Crippen LogP contribution < -0.4 is 5.32 Å². The van der Waals surface area contributed by atoms with Crippen molar-refractivity contribution in [2.45, 2.75) is 70.5 Å². The van der Waals surface area contributed by atoms with Gasteiger partial charge in [-0.3, -0.25) is 4.90 Å². The second-order valence-electron chi connectivity index (χ2n) is 10.9. The molecule has 7 nitrogen and oxygen atoms in total. The van der Waals surface area contributed by atoms with Crippen LogP contribution in [0.15, 0.2) is 36.7 Å². The second kappa shape index (κ2) is 11.7. The number of aliphatic hydroxyl groups excluding tert-OH is 1. The van der Waals surface area contributed by atoms with Gasteiger partial charge in [-0.1, -0.05) is 43.5 Å². The van der Waals surface area contributed by atoms with E-state index in [9.17, 15) is 0 Å². The molecule has 5 rings (SSSR count). The summed E-state index contributed by atoms with van der Waals surface area (Å²) in [5, 5.41) is 13.7. The van der Waals surface area contributed by atoms with E-state index >= 15 is 0 Å². The van der Waals surface area contributed by atoms with Crippen LogP contribution in [0.25, 0.3) is 22.2 Å². The van der Waals surface area contributed by atoms with Gasteiger partial charge in [0, 0.05) is 74.8 Å². The van der Waals surface area contributed by atoms with Crippen molar-refractivity contribution in [3.05, 3.63) is 42.2 Å². The minimum absolute atomic E-state index is 0.216. The zero-order valence-electron chi connectivity index (χ0n) is 22.0. The third-order valence-electron chi connectivity index (χ3n) is 7.98. The molecule has 3 heterocycles. The standard InChI is InChI=1S/C29H42N6O/c1-22(7-6-18-36)31-29-30-19-26-27(21-35(28(26)32-29)25-8-4-3-5-9-25)24-12-10-23(11-13-24)20-34-16-14-33(2)15-17-34/h10-13,19,21-22,25,36H,3-9,14-18,20H2,1-2H3,(H,30,31,32)/t22-/m0/s1. The summed E-state index contributed by atoms with van der Waals surface area (Å²) in [6.07, 6.45) is 12.3. The number of rotatable bonds is 9. The summed E-state index contributed by atoms with van der Waals surface area (Å²) in [6, 6.07) is 9.85. The molecule has 7 heteroatoms. The van der Waals surface area contributed by atoms with Crippen molar-refractivity contribution in [3.63, 3.8) is 0 Å². The van der Waals surface area contributed by atoms with Gasteiger partial charge in [-0.05, 0) is 50.8 Å². The number of benzene rings is 1. The lowest BCUT2D eigenvalue weighted by Crippen LogP contribution is -2.43. The number of fused-ring (bicyclic) bond motifs is 1. The Hall–Kier alpha value is -2.48. The van der Waals surface area contributed by atoms with Crippen LogP contribution in [-0.2, 0) is 6.54 Å².